The van der Waals surface area contributed by atoms with Crippen molar-refractivity contribution in [2.45, 2.75) is 0 Å². The molecule has 3 nitrogen and oxygen atoms in total. The lowest BCUT2D eigenvalue weighted by Gasteiger charge is -2.08. The molecule has 0 aliphatic heterocycles. The Morgan fingerprint density at radius 1 is 1.11 bits per heavy atom. The minimum Gasteiger partial charge on any atom is -0.399 e. The molecular weight excluding hydrogens is 318 g/mol. The molecule has 0 aromatic heterocycles. The van der Waals surface area contributed by atoms with Crippen LogP contribution in [0.25, 0.3) is 0 Å². The summed E-state index contributed by atoms with van der Waals surface area (Å²) in [5, 5.41) is 2.29. The minimum atomic E-state index is -0.734. The second-order valence-corrected chi connectivity index (χ2v) is 4.73. The standard InChI is InChI=1S/C13H9BrF2N2O/c14-7-1-3-10(15)9(5-7)13(19)18-12-4-2-8(17)6-11(12)16/h1-6H,17H2,(H,18,19). The highest BCUT2D eigenvalue weighted by atomic mass is 79.9. The fourth-order valence-electron chi connectivity index (χ4n) is 1.49. The lowest BCUT2D eigenvalue weighted by Crippen LogP contribution is -2.14. The van der Waals surface area contributed by atoms with Crippen molar-refractivity contribution in [3.05, 3.63) is 58.1 Å². The number of nitrogens with one attached hydrogen (secondary N) is 1. The Morgan fingerprint density at radius 2 is 1.84 bits per heavy atom. The molecule has 0 atom stereocenters. The molecule has 3 N–H and O–H groups in total. The fourth-order valence-corrected chi connectivity index (χ4v) is 1.85. The second-order valence-electron chi connectivity index (χ2n) is 3.82. The topological polar surface area (TPSA) is 55.1 Å². The zero-order valence-electron chi connectivity index (χ0n) is 9.58. The molecule has 2 aromatic carbocycles. The van der Waals surface area contributed by atoms with Crippen molar-refractivity contribution in [3.8, 4) is 0 Å². The molecule has 0 heterocycles. The normalized spacial score (nSPS) is 10.3. The van der Waals surface area contributed by atoms with Crippen LogP contribution in [0.4, 0.5) is 20.2 Å². The fraction of sp³-hybridized carbons (Fsp3) is 0. The van der Waals surface area contributed by atoms with E-state index in [-0.39, 0.29) is 16.9 Å². The second kappa shape index (κ2) is 5.36. The number of amides is 1. The highest BCUT2D eigenvalue weighted by Crippen LogP contribution is 2.20. The molecule has 19 heavy (non-hydrogen) atoms. The summed E-state index contributed by atoms with van der Waals surface area (Å²) in [5.41, 5.74) is 5.40. The molecule has 6 heteroatoms. The number of carbonyl (C=O) groups is 1. The molecule has 0 aliphatic carbocycles. The number of nitrogen functional groups attached to an aromatic ring is 1. The molecule has 98 valence electrons. The first kappa shape index (κ1) is 13.5. The predicted octanol–water partition coefficient (Wildman–Crippen LogP) is 3.56. The van der Waals surface area contributed by atoms with Gasteiger partial charge in [0.05, 0.1) is 11.3 Å². The third kappa shape index (κ3) is 3.08. The van der Waals surface area contributed by atoms with Crippen LogP contribution in [0.1, 0.15) is 10.4 Å². The van der Waals surface area contributed by atoms with E-state index in [2.05, 4.69) is 21.2 Å². The summed E-state index contributed by atoms with van der Waals surface area (Å²) in [5.74, 6) is -2.09. The molecule has 0 unspecified atom stereocenters. The van der Waals surface area contributed by atoms with E-state index in [0.29, 0.717) is 4.47 Å². The minimum absolute atomic E-state index is 0.0569. The van der Waals surface area contributed by atoms with Crippen LogP contribution < -0.4 is 11.1 Å². The number of halogens is 3. The Kier molecular flexibility index (Phi) is 3.80. The molecule has 0 aliphatic rings. The summed E-state index contributed by atoms with van der Waals surface area (Å²) in [6.45, 7) is 0. The van der Waals surface area contributed by atoms with Gasteiger partial charge in [-0.3, -0.25) is 4.79 Å². The molecule has 0 bridgehead atoms. The highest BCUT2D eigenvalue weighted by molar-refractivity contribution is 9.10. The molecule has 2 aromatic rings. The number of benzene rings is 2. The summed E-state index contributed by atoms with van der Waals surface area (Å²) in [4.78, 5) is 11.9. The van der Waals surface area contributed by atoms with Gasteiger partial charge in [0.25, 0.3) is 5.91 Å². The average molecular weight is 327 g/mol. The van der Waals surface area contributed by atoms with E-state index in [0.717, 1.165) is 12.1 Å². The highest BCUT2D eigenvalue weighted by Gasteiger charge is 2.14. The van der Waals surface area contributed by atoms with E-state index in [1.54, 1.807) is 0 Å². The predicted molar refractivity (Wildman–Crippen MR) is 72.9 cm³/mol. The monoisotopic (exact) mass is 326 g/mol. The average Bonchev–Trinajstić information content (AvgIpc) is 2.35. The van der Waals surface area contributed by atoms with E-state index >= 15 is 0 Å². The third-order valence-corrected chi connectivity index (χ3v) is 2.91. The molecule has 0 fully saturated rings. The Bertz CT molecular complexity index is 647. The first-order chi connectivity index (χ1) is 8.97. The quantitative estimate of drug-likeness (QED) is 0.829. The SMILES string of the molecule is Nc1ccc(NC(=O)c2cc(Br)ccc2F)c(F)c1. The van der Waals surface area contributed by atoms with E-state index in [9.17, 15) is 13.6 Å². The molecule has 0 spiro atoms. The maximum atomic E-state index is 13.5. The zero-order valence-corrected chi connectivity index (χ0v) is 11.2. The summed E-state index contributed by atoms with van der Waals surface area (Å²) in [6.07, 6.45) is 0. The van der Waals surface area contributed by atoms with Crippen molar-refractivity contribution in [2.75, 3.05) is 11.1 Å². The van der Waals surface area contributed by atoms with Crippen LogP contribution in [-0.4, -0.2) is 5.91 Å². The molecule has 2 rings (SSSR count). The van der Waals surface area contributed by atoms with Crippen LogP contribution in [0.5, 0.6) is 0 Å². The van der Waals surface area contributed by atoms with Crippen LogP contribution >= 0.6 is 15.9 Å². The van der Waals surface area contributed by atoms with Gasteiger partial charge in [0.2, 0.25) is 0 Å². The lowest BCUT2D eigenvalue weighted by atomic mass is 10.2. The van der Waals surface area contributed by atoms with Gasteiger partial charge in [0.1, 0.15) is 11.6 Å². The third-order valence-electron chi connectivity index (χ3n) is 2.41. The van der Waals surface area contributed by atoms with Gasteiger partial charge in [0, 0.05) is 10.2 Å². The Hall–Kier alpha value is -1.95. The molecule has 0 saturated carbocycles. The van der Waals surface area contributed by atoms with Gasteiger partial charge in [-0.15, -0.1) is 0 Å². The van der Waals surface area contributed by atoms with Crippen LogP contribution in [0.2, 0.25) is 0 Å². The van der Waals surface area contributed by atoms with E-state index < -0.39 is 17.5 Å². The number of rotatable bonds is 2. The summed E-state index contributed by atoms with van der Waals surface area (Å²) >= 11 is 3.14. The summed E-state index contributed by atoms with van der Waals surface area (Å²) in [7, 11) is 0. The van der Waals surface area contributed by atoms with Crippen molar-refractivity contribution < 1.29 is 13.6 Å². The van der Waals surface area contributed by atoms with Gasteiger partial charge >= 0.3 is 0 Å². The van der Waals surface area contributed by atoms with Crippen molar-refractivity contribution in [3.63, 3.8) is 0 Å². The Balaban J connectivity index is 2.28. The van der Waals surface area contributed by atoms with Crippen molar-refractivity contribution in [1.82, 2.24) is 0 Å². The number of hydrogen-bond acceptors (Lipinski definition) is 2. The maximum Gasteiger partial charge on any atom is 0.258 e. The van der Waals surface area contributed by atoms with Gasteiger partial charge in [-0.25, -0.2) is 8.78 Å². The smallest absolute Gasteiger partial charge is 0.258 e. The van der Waals surface area contributed by atoms with Gasteiger partial charge in [-0.2, -0.15) is 0 Å². The number of carbonyl (C=O) groups excluding carboxylic acids is 1. The Morgan fingerprint density at radius 3 is 2.53 bits per heavy atom. The Labute approximate surface area is 116 Å². The maximum absolute atomic E-state index is 13.5. The van der Waals surface area contributed by atoms with Crippen LogP contribution in [0.3, 0.4) is 0 Å². The van der Waals surface area contributed by atoms with Crippen LogP contribution in [-0.2, 0) is 0 Å². The van der Waals surface area contributed by atoms with E-state index in [1.807, 2.05) is 0 Å². The van der Waals surface area contributed by atoms with Gasteiger partial charge in [0.15, 0.2) is 0 Å². The first-order valence-corrected chi connectivity index (χ1v) is 6.08. The first-order valence-electron chi connectivity index (χ1n) is 5.29. The van der Waals surface area contributed by atoms with Crippen molar-refractivity contribution in [1.29, 1.82) is 0 Å². The molecule has 0 saturated heterocycles. The number of hydrogen-bond donors (Lipinski definition) is 2. The van der Waals surface area contributed by atoms with E-state index in [4.69, 9.17) is 5.73 Å². The number of nitrogens with two attached hydrogens (primary N) is 1. The lowest BCUT2D eigenvalue weighted by molar-refractivity contribution is 0.102. The zero-order chi connectivity index (χ0) is 14.0. The van der Waals surface area contributed by atoms with Crippen molar-refractivity contribution in [2.24, 2.45) is 0 Å². The molecular formula is C13H9BrF2N2O. The van der Waals surface area contributed by atoms with E-state index in [1.165, 1.54) is 24.3 Å². The number of anilines is 2. The largest absolute Gasteiger partial charge is 0.399 e. The van der Waals surface area contributed by atoms with Gasteiger partial charge in [-0.05, 0) is 36.4 Å². The van der Waals surface area contributed by atoms with Gasteiger partial charge in [-0.1, -0.05) is 15.9 Å². The molecule has 0 radical (unpaired) electrons. The molecule has 1 amide bonds. The van der Waals surface area contributed by atoms with Crippen molar-refractivity contribution >= 4 is 33.2 Å². The van der Waals surface area contributed by atoms with Crippen LogP contribution in [0, 0.1) is 11.6 Å². The summed E-state index contributed by atoms with van der Waals surface area (Å²) in [6, 6.07) is 7.77. The van der Waals surface area contributed by atoms with Gasteiger partial charge < -0.3 is 11.1 Å². The van der Waals surface area contributed by atoms with Crippen LogP contribution in [0.15, 0.2) is 40.9 Å². The summed E-state index contributed by atoms with van der Waals surface area (Å²) < 4.78 is 27.6.